The molecule has 32 heavy (non-hydrogen) atoms. The van der Waals surface area contributed by atoms with E-state index in [0.717, 1.165) is 22.5 Å². The first kappa shape index (κ1) is 22.6. The van der Waals surface area contributed by atoms with Gasteiger partial charge in [0.05, 0.1) is 18.1 Å². The Balaban J connectivity index is 1.55. The van der Waals surface area contributed by atoms with Gasteiger partial charge in [-0.25, -0.2) is 5.43 Å². The van der Waals surface area contributed by atoms with Crippen molar-refractivity contribution >= 4 is 35.4 Å². The first-order valence-corrected chi connectivity index (χ1v) is 10.2. The quantitative estimate of drug-likeness (QED) is 0.420. The van der Waals surface area contributed by atoms with Crippen LogP contribution in [0.1, 0.15) is 21.5 Å². The van der Waals surface area contributed by atoms with E-state index in [0.29, 0.717) is 11.3 Å². The molecule has 0 aliphatic heterocycles. The summed E-state index contributed by atoms with van der Waals surface area (Å²) in [5, 5.41) is 8.31. The normalized spacial score (nSPS) is 11.0. The lowest BCUT2D eigenvalue weighted by molar-refractivity contribution is 0.0955. The Morgan fingerprint density at radius 2 is 1.28 bits per heavy atom. The number of carbonyl (C=O) groups excluding carboxylic acids is 1. The smallest absolute Gasteiger partial charge is 0.271 e. The Kier molecular flexibility index (Phi) is 7.59. The minimum atomic E-state index is -0.293. The predicted molar refractivity (Wildman–Crippen MR) is 134 cm³/mol. The molecule has 2 N–H and O–H groups in total. The monoisotopic (exact) mass is 428 g/mol. The molecule has 0 aliphatic rings. The second kappa shape index (κ2) is 10.8. The van der Waals surface area contributed by atoms with Gasteiger partial charge >= 0.3 is 0 Å². The topological polar surface area (TPSA) is 72.3 Å². The molecule has 7 heteroatoms. The summed E-state index contributed by atoms with van der Waals surface area (Å²) in [4.78, 5) is 16.5. The Labute approximate surface area is 189 Å². The number of nitrogens with zero attached hydrogens (tertiary/aromatic N) is 4. The van der Waals surface area contributed by atoms with E-state index in [1.54, 1.807) is 30.6 Å². The zero-order chi connectivity index (χ0) is 22.9. The van der Waals surface area contributed by atoms with Gasteiger partial charge in [0.2, 0.25) is 0 Å². The molecule has 0 aromatic heterocycles. The van der Waals surface area contributed by atoms with Gasteiger partial charge in [0.25, 0.3) is 5.91 Å². The first-order chi connectivity index (χ1) is 15.4. The lowest BCUT2D eigenvalue weighted by Crippen LogP contribution is -2.17. The van der Waals surface area contributed by atoms with Gasteiger partial charge in [-0.3, -0.25) is 10.2 Å². The van der Waals surface area contributed by atoms with Crippen molar-refractivity contribution in [3.05, 3.63) is 89.5 Å². The third-order valence-electron chi connectivity index (χ3n) is 4.73. The molecule has 0 saturated carbocycles. The van der Waals surface area contributed by atoms with Crippen molar-refractivity contribution in [2.24, 2.45) is 10.2 Å². The second-order valence-electron chi connectivity index (χ2n) is 7.62. The van der Waals surface area contributed by atoms with Gasteiger partial charge in [-0.1, -0.05) is 30.3 Å². The van der Waals surface area contributed by atoms with E-state index < -0.39 is 0 Å². The van der Waals surface area contributed by atoms with Crippen molar-refractivity contribution in [2.75, 3.05) is 43.4 Å². The highest BCUT2D eigenvalue weighted by molar-refractivity contribution is 5.95. The summed E-state index contributed by atoms with van der Waals surface area (Å²) in [6.45, 7) is 0. The van der Waals surface area contributed by atoms with Crippen molar-refractivity contribution in [3.8, 4) is 0 Å². The number of hydrogen-bond acceptors (Lipinski definition) is 6. The standard InChI is InChI=1S/C25H28N6O/c1-30(2)23-12-8-19(9-13-23)17-26-28-22-7-5-6-21(16-22)25(32)29-27-18-20-10-14-24(15-11-20)31(3)4/h5-18,28H,1-4H3,(H,29,32). The number of benzene rings is 3. The van der Waals surface area contributed by atoms with Crippen LogP contribution in [0.25, 0.3) is 0 Å². The van der Waals surface area contributed by atoms with E-state index >= 15 is 0 Å². The van der Waals surface area contributed by atoms with Gasteiger partial charge in [0.1, 0.15) is 0 Å². The summed E-state index contributed by atoms with van der Waals surface area (Å²) in [6, 6.07) is 23.0. The molecular weight excluding hydrogens is 400 g/mol. The van der Waals surface area contributed by atoms with E-state index in [9.17, 15) is 4.79 Å². The molecule has 164 valence electrons. The zero-order valence-electron chi connectivity index (χ0n) is 18.8. The van der Waals surface area contributed by atoms with Crippen molar-refractivity contribution in [1.82, 2.24) is 5.43 Å². The summed E-state index contributed by atoms with van der Waals surface area (Å²) < 4.78 is 0. The summed E-state index contributed by atoms with van der Waals surface area (Å²) >= 11 is 0. The first-order valence-electron chi connectivity index (χ1n) is 10.2. The molecule has 0 spiro atoms. The fraction of sp³-hybridized carbons (Fsp3) is 0.160. The minimum absolute atomic E-state index is 0.293. The van der Waals surface area contributed by atoms with Crippen molar-refractivity contribution in [2.45, 2.75) is 0 Å². The fourth-order valence-corrected chi connectivity index (χ4v) is 2.86. The number of anilines is 3. The van der Waals surface area contributed by atoms with Crippen LogP contribution in [0.2, 0.25) is 0 Å². The predicted octanol–water partition coefficient (Wildman–Crippen LogP) is 4.03. The lowest BCUT2D eigenvalue weighted by Gasteiger charge is -2.11. The number of rotatable bonds is 8. The molecule has 1 amide bonds. The highest BCUT2D eigenvalue weighted by Gasteiger charge is 2.05. The van der Waals surface area contributed by atoms with Gasteiger partial charge in [-0.05, 0) is 53.6 Å². The van der Waals surface area contributed by atoms with Crippen molar-refractivity contribution in [1.29, 1.82) is 0 Å². The highest BCUT2D eigenvalue weighted by Crippen LogP contribution is 2.13. The maximum Gasteiger partial charge on any atom is 0.271 e. The van der Waals surface area contributed by atoms with Crippen LogP contribution in [-0.4, -0.2) is 46.5 Å². The van der Waals surface area contributed by atoms with Crippen molar-refractivity contribution in [3.63, 3.8) is 0 Å². The van der Waals surface area contributed by atoms with Gasteiger partial charge in [-0.2, -0.15) is 10.2 Å². The Hall–Kier alpha value is -4.13. The molecule has 3 aromatic carbocycles. The van der Waals surface area contributed by atoms with E-state index in [-0.39, 0.29) is 5.91 Å². The van der Waals surface area contributed by atoms with Gasteiger partial charge in [-0.15, -0.1) is 0 Å². The van der Waals surface area contributed by atoms with Crippen LogP contribution in [-0.2, 0) is 0 Å². The molecule has 3 rings (SSSR count). The lowest BCUT2D eigenvalue weighted by atomic mass is 10.2. The summed E-state index contributed by atoms with van der Waals surface area (Å²) in [6.07, 6.45) is 3.35. The maximum atomic E-state index is 12.4. The molecule has 0 heterocycles. The third kappa shape index (κ3) is 6.43. The Bertz CT molecular complexity index is 1090. The fourth-order valence-electron chi connectivity index (χ4n) is 2.86. The SMILES string of the molecule is CN(C)c1ccc(C=NNC(=O)c2cccc(NN=Cc3ccc(N(C)C)cc3)c2)cc1. The molecular formula is C25H28N6O. The molecule has 0 aliphatic carbocycles. The van der Waals surface area contributed by atoms with Crippen LogP contribution in [0.3, 0.4) is 0 Å². The zero-order valence-corrected chi connectivity index (χ0v) is 18.8. The van der Waals surface area contributed by atoms with Crippen LogP contribution >= 0.6 is 0 Å². The second-order valence-corrected chi connectivity index (χ2v) is 7.62. The molecule has 0 atom stereocenters. The van der Waals surface area contributed by atoms with E-state index in [1.807, 2.05) is 92.6 Å². The van der Waals surface area contributed by atoms with Crippen LogP contribution < -0.4 is 20.7 Å². The summed E-state index contributed by atoms with van der Waals surface area (Å²) in [5.41, 5.74) is 10.8. The molecule has 0 radical (unpaired) electrons. The number of hydrogen-bond donors (Lipinski definition) is 2. The molecule has 0 fully saturated rings. The number of hydrazone groups is 2. The van der Waals surface area contributed by atoms with Crippen molar-refractivity contribution < 1.29 is 4.79 Å². The van der Waals surface area contributed by atoms with Crippen LogP contribution in [0.4, 0.5) is 17.1 Å². The van der Waals surface area contributed by atoms with Gasteiger partial charge < -0.3 is 9.80 Å². The highest BCUT2D eigenvalue weighted by atomic mass is 16.2. The minimum Gasteiger partial charge on any atom is -0.378 e. The maximum absolute atomic E-state index is 12.4. The van der Waals surface area contributed by atoms with Gasteiger partial charge in [0, 0.05) is 45.1 Å². The Morgan fingerprint density at radius 1 is 0.750 bits per heavy atom. The number of nitrogens with one attached hydrogen (secondary N) is 2. The Morgan fingerprint density at radius 3 is 1.81 bits per heavy atom. The largest absolute Gasteiger partial charge is 0.378 e. The van der Waals surface area contributed by atoms with E-state index in [2.05, 4.69) is 21.1 Å². The van der Waals surface area contributed by atoms with E-state index in [4.69, 9.17) is 0 Å². The average Bonchev–Trinajstić information content (AvgIpc) is 2.80. The molecule has 7 nitrogen and oxygen atoms in total. The van der Waals surface area contributed by atoms with Gasteiger partial charge in [0.15, 0.2) is 0 Å². The number of carbonyl (C=O) groups is 1. The van der Waals surface area contributed by atoms with Crippen LogP contribution in [0, 0.1) is 0 Å². The van der Waals surface area contributed by atoms with E-state index in [1.165, 1.54) is 0 Å². The molecule has 0 unspecified atom stereocenters. The van der Waals surface area contributed by atoms with Crippen LogP contribution in [0.15, 0.2) is 83.0 Å². The van der Waals surface area contributed by atoms with Crippen LogP contribution in [0.5, 0.6) is 0 Å². The average molecular weight is 429 g/mol. The summed E-state index contributed by atoms with van der Waals surface area (Å²) in [7, 11) is 7.98. The number of amides is 1. The third-order valence-corrected chi connectivity index (χ3v) is 4.73. The molecule has 3 aromatic rings. The molecule has 0 bridgehead atoms. The summed E-state index contributed by atoms with van der Waals surface area (Å²) in [5.74, 6) is -0.293. The molecule has 0 saturated heterocycles.